The van der Waals surface area contributed by atoms with Crippen molar-refractivity contribution in [2.45, 2.75) is 26.1 Å². The summed E-state index contributed by atoms with van der Waals surface area (Å²) < 4.78 is 5.76. The standard InChI is InChI=1S/C26H24ClN3O5/c1-2-29-24(31)15-23(30(26(29)34)16-17-6-8-19(27)9-7-17)28-20-10-12-21(13-11-20)35-22-5-3-4-18(14-22)25(32)33/h3-14,23,28H,2,15-16H2,1H3,(H,32,33). The fraction of sp³-hybridized carbons (Fsp3) is 0.192. The van der Waals surface area contributed by atoms with Crippen LogP contribution in [-0.4, -0.2) is 45.5 Å². The SMILES string of the molecule is CCN1C(=O)CC(Nc2ccc(Oc3cccc(C(=O)O)c3)cc2)N(Cc2ccc(Cl)cc2)C1=O. The summed E-state index contributed by atoms with van der Waals surface area (Å²) >= 11 is 5.99. The van der Waals surface area contributed by atoms with Gasteiger partial charge in [-0.05, 0) is 67.1 Å². The van der Waals surface area contributed by atoms with Crippen molar-refractivity contribution in [1.29, 1.82) is 0 Å². The summed E-state index contributed by atoms with van der Waals surface area (Å²) in [5.41, 5.74) is 1.73. The maximum atomic E-state index is 13.1. The average molecular weight is 494 g/mol. The Balaban J connectivity index is 1.49. The van der Waals surface area contributed by atoms with Crippen LogP contribution in [0.25, 0.3) is 0 Å². The van der Waals surface area contributed by atoms with Crippen molar-refractivity contribution in [1.82, 2.24) is 9.80 Å². The molecule has 180 valence electrons. The Labute approximate surface area is 207 Å². The maximum Gasteiger partial charge on any atom is 0.335 e. The Hall–Kier alpha value is -4.04. The summed E-state index contributed by atoms with van der Waals surface area (Å²) in [4.78, 5) is 39.7. The summed E-state index contributed by atoms with van der Waals surface area (Å²) in [6.07, 6.45) is -0.402. The molecule has 2 N–H and O–H groups in total. The van der Waals surface area contributed by atoms with E-state index in [1.165, 1.54) is 17.0 Å². The Morgan fingerprint density at radius 2 is 1.77 bits per heavy atom. The molecular formula is C26H24ClN3O5. The van der Waals surface area contributed by atoms with Crippen LogP contribution in [0.4, 0.5) is 10.5 Å². The third-order valence-electron chi connectivity index (χ3n) is 5.61. The zero-order valence-corrected chi connectivity index (χ0v) is 19.7. The number of carboxylic acids is 1. The molecule has 0 bridgehead atoms. The summed E-state index contributed by atoms with van der Waals surface area (Å²) in [6, 6.07) is 20.1. The fourth-order valence-corrected chi connectivity index (χ4v) is 3.95. The van der Waals surface area contributed by atoms with Gasteiger partial charge in [-0.1, -0.05) is 29.8 Å². The van der Waals surface area contributed by atoms with E-state index in [0.29, 0.717) is 35.3 Å². The van der Waals surface area contributed by atoms with Crippen molar-refractivity contribution in [3.8, 4) is 11.5 Å². The highest BCUT2D eigenvalue weighted by Crippen LogP contribution is 2.27. The van der Waals surface area contributed by atoms with Gasteiger partial charge >= 0.3 is 12.0 Å². The van der Waals surface area contributed by atoms with Gasteiger partial charge in [0, 0.05) is 23.8 Å². The minimum absolute atomic E-state index is 0.132. The van der Waals surface area contributed by atoms with Crippen LogP contribution in [-0.2, 0) is 11.3 Å². The number of ether oxygens (including phenoxy) is 1. The number of carbonyl (C=O) groups excluding carboxylic acids is 2. The third kappa shape index (κ3) is 5.73. The number of halogens is 1. The van der Waals surface area contributed by atoms with Crippen LogP contribution in [0, 0.1) is 0 Å². The van der Waals surface area contributed by atoms with Crippen LogP contribution < -0.4 is 10.1 Å². The van der Waals surface area contributed by atoms with E-state index in [-0.39, 0.29) is 23.9 Å². The zero-order valence-electron chi connectivity index (χ0n) is 19.0. The molecule has 0 spiro atoms. The minimum atomic E-state index is -1.03. The molecule has 35 heavy (non-hydrogen) atoms. The first-order valence-corrected chi connectivity index (χ1v) is 11.4. The van der Waals surface area contributed by atoms with Gasteiger partial charge in [-0.3, -0.25) is 14.6 Å². The molecule has 0 aliphatic carbocycles. The number of urea groups is 1. The van der Waals surface area contributed by atoms with Crippen molar-refractivity contribution in [2.75, 3.05) is 11.9 Å². The molecule has 4 rings (SSSR count). The van der Waals surface area contributed by atoms with Gasteiger partial charge in [-0.25, -0.2) is 9.59 Å². The molecular weight excluding hydrogens is 470 g/mol. The smallest absolute Gasteiger partial charge is 0.335 e. The van der Waals surface area contributed by atoms with Crippen molar-refractivity contribution in [3.63, 3.8) is 0 Å². The topological polar surface area (TPSA) is 99.2 Å². The monoisotopic (exact) mass is 493 g/mol. The van der Waals surface area contributed by atoms with E-state index in [9.17, 15) is 14.4 Å². The number of rotatable bonds is 8. The van der Waals surface area contributed by atoms with Gasteiger partial charge in [0.05, 0.1) is 12.0 Å². The number of anilines is 1. The lowest BCUT2D eigenvalue weighted by atomic mass is 10.1. The molecule has 1 atom stereocenters. The molecule has 1 aliphatic rings. The van der Waals surface area contributed by atoms with Crippen molar-refractivity contribution in [3.05, 3.63) is 88.9 Å². The molecule has 3 amide bonds. The van der Waals surface area contributed by atoms with E-state index in [0.717, 1.165) is 5.56 Å². The van der Waals surface area contributed by atoms with Crippen LogP contribution in [0.3, 0.4) is 0 Å². The number of hydrogen-bond donors (Lipinski definition) is 2. The Kier molecular flexibility index (Phi) is 7.22. The number of benzene rings is 3. The second-order valence-electron chi connectivity index (χ2n) is 8.00. The Morgan fingerprint density at radius 3 is 2.43 bits per heavy atom. The quantitative estimate of drug-likeness (QED) is 0.433. The number of amides is 3. The summed E-state index contributed by atoms with van der Waals surface area (Å²) in [5.74, 6) is -0.344. The molecule has 1 fully saturated rings. The van der Waals surface area contributed by atoms with Gasteiger partial charge < -0.3 is 15.2 Å². The average Bonchev–Trinajstić information content (AvgIpc) is 2.84. The first-order valence-electron chi connectivity index (χ1n) is 11.1. The molecule has 0 radical (unpaired) electrons. The molecule has 9 heteroatoms. The molecule has 0 saturated carbocycles. The molecule has 1 saturated heterocycles. The van der Waals surface area contributed by atoms with Crippen LogP contribution in [0.5, 0.6) is 11.5 Å². The molecule has 3 aromatic carbocycles. The highest BCUT2D eigenvalue weighted by Gasteiger charge is 2.38. The van der Waals surface area contributed by atoms with Gasteiger partial charge in [-0.2, -0.15) is 0 Å². The zero-order chi connectivity index (χ0) is 24.9. The molecule has 0 aromatic heterocycles. The number of imide groups is 1. The molecule has 1 unspecified atom stereocenters. The number of carboxylic acid groups (broad SMARTS) is 1. The lowest BCUT2D eigenvalue weighted by Gasteiger charge is -2.40. The van der Waals surface area contributed by atoms with E-state index in [1.54, 1.807) is 60.4 Å². The number of carbonyl (C=O) groups is 3. The molecule has 3 aromatic rings. The molecule has 1 heterocycles. The summed E-state index contributed by atoms with van der Waals surface area (Å²) in [5, 5.41) is 13.0. The predicted octanol–water partition coefficient (Wildman–Crippen LogP) is 5.44. The fourth-order valence-electron chi connectivity index (χ4n) is 3.83. The number of nitrogens with one attached hydrogen (secondary N) is 1. The van der Waals surface area contributed by atoms with E-state index in [4.69, 9.17) is 21.4 Å². The minimum Gasteiger partial charge on any atom is -0.478 e. The van der Waals surface area contributed by atoms with E-state index < -0.39 is 12.1 Å². The van der Waals surface area contributed by atoms with Crippen molar-refractivity contribution >= 4 is 35.2 Å². The normalized spacial score (nSPS) is 15.8. The first-order chi connectivity index (χ1) is 16.8. The van der Waals surface area contributed by atoms with Crippen LogP contribution in [0.1, 0.15) is 29.3 Å². The first kappa shape index (κ1) is 24.1. The van der Waals surface area contributed by atoms with Crippen LogP contribution in [0.15, 0.2) is 72.8 Å². The second kappa shape index (κ2) is 10.5. The van der Waals surface area contributed by atoms with Gasteiger partial charge in [0.15, 0.2) is 0 Å². The van der Waals surface area contributed by atoms with Crippen LogP contribution >= 0.6 is 11.6 Å². The lowest BCUT2D eigenvalue weighted by molar-refractivity contribution is -0.132. The molecule has 8 nitrogen and oxygen atoms in total. The summed E-state index contributed by atoms with van der Waals surface area (Å²) in [6.45, 7) is 2.39. The van der Waals surface area contributed by atoms with E-state index in [2.05, 4.69) is 5.32 Å². The van der Waals surface area contributed by atoms with Gasteiger partial charge in [0.1, 0.15) is 17.7 Å². The molecule has 1 aliphatic heterocycles. The maximum absolute atomic E-state index is 13.1. The number of aromatic carboxylic acids is 1. The lowest BCUT2D eigenvalue weighted by Crippen LogP contribution is -2.58. The van der Waals surface area contributed by atoms with Gasteiger partial charge in [-0.15, -0.1) is 0 Å². The second-order valence-corrected chi connectivity index (χ2v) is 8.44. The van der Waals surface area contributed by atoms with Crippen molar-refractivity contribution < 1.29 is 24.2 Å². The predicted molar refractivity (Wildman–Crippen MR) is 132 cm³/mol. The Bertz CT molecular complexity index is 1230. The largest absolute Gasteiger partial charge is 0.478 e. The van der Waals surface area contributed by atoms with Crippen LogP contribution in [0.2, 0.25) is 5.02 Å². The van der Waals surface area contributed by atoms with E-state index >= 15 is 0 Å². The number of nitrogens with zero attached hydrogens (tertiary/aromatic N) is 2. The number of hydrogen-bond acceptors (Lipinski definition) is 5. The summed E-state index contributed by atoms with van der Waals surface area (Å²) in [7, 11) is 0. The van der Waals surface area contributed by atoms with Gasteiger partial charge in [0.2, 0.25) is 5.91 Å². The van der Waals surface area contributed by atoms with Crippen molar-refractivity contribution in [2.24, 2.45) is 0 Å². The van der Waals surface area contributed by atoms with Gasteiger partial charge in [0.25, 0.3) is 0 Å². The van der Waals surface area contributed by atoms with E-state index in [1.807, 2.05) is 12.1 Å². The third-order valence-corrected chi connectivity index (χ3v) is 5.86. The highest BCUT2D eigenvalue weighted by molar-refractivity contribution is 6.30. The highest BCUT2D eigenvalue weighted by atomic mass is 35.5. The Morgan fingerprint density at radius 1 is 1.06 bits per heavy atom.